The predicted octanol–water partition coefficient (Wildman–Crippen LogP) is 5.71. The smallest absolute Gasteiger partial charge is 0.242 e. The molecular formula is C29H33N7O. The van der Waals surface area contributed by atoms with E-state index in [1.54, 1.807) is 6.92 Å². The molecule has 1 heterocycles. The van der Waals surface area contributed by atoms with Crippen LogP contribution >= 0.6 is 0 Å². The molecule has 0 saturated heterocycles. The van der Waals surface area contributed by atoms with Crippen molar-refractivity contribution in [3.8, 4) is 0 Å². The molecule has 3 aromatic carbocycles. The first-order valence-electron chi connectivity index (χ1n) is 12.3. The summed E-state index contributed by atoms with van der Waals surface area (Å²) in [6.45, 7) is 10.4. The average molecular weight is 496 g/mol. The van der Waals surface area contributed by atoms with Gasteiger partial charge in [-0.1, -0.05) is 65.7 Å². The number of nitrogens with one attached hydrogen (secondary N) is 4. The van der Waals surface area contributed by atoms with Gasteiger partial charge in [0.15, 0.2) is 0 Å². The Kier molecular flexibility index (Phi) is 7.98. The molecule has 4 rings (SSSR count). The Balaban J connectivity index is 1.56. The molecule has 1 amide bonds. The molecule has 4 N–H and O–H groups in total. The second-order valence-corrected chi connectivity index (χ2v) is 9.26. The first kappa shape index (κ1) is 25.6. The van der Waals surface area contributed by atoms with E-state index in [0.29, 0.717) is 18.4 Å². The van der Waals surface area contributed by atoms with Crippen LogP contribution in [-0.4, -0.2) is 26.9 Å². The fourth-order valence-electron chi connectivity index (χ4n) is 3.90. The van der Waals surface area contributed by atoms with Crippen molar-refractivity contribution in [1.82, 2.24) is 20.3 Å². The van der Waals surface area contributed by atoms with Crippen LogP contribution in [0.15, 0.2) is 66.7 Å². The lowest BCUT2D eigenvalue weighted by Gasteiger charge is -2.17. The van der Waals surface area contributed by atoms with Crippen molar-refractivity contribution < 1.29 is 4.79 Å². The first-order valence-corrected chi connectivity index (χ1v) is 12.3. The molecule has 0 radical (unpaired) electrons. The molecule has 8 heteroatoms. The van der Waals surface area contributed by atoms with Crippen LogP contribution in [0.25, 0.3) is 0 Å². The van der Waals surface area contributed by atoms with Gasteiger partial charge in [0.1, 0.15) is 6.04 Å². The largest absolute Gasteiger partial charge is 0.350 e. The quantitative estimate of drug-likeness (QED) is 0.236. The summed E-state index contributed by atoms with van der Waals surface area (Å²) < 4.78 is 0. The topological polar surface area (TPSA) is 104 Å². The average Bonchev–Trinajstić information content (AvgIpc) is 2.86. The van der Waals surface area contributed by atoms with Crippen molar-refractivity contribution >= 4 is 35.1 Å². The van der Waals surface area contributed by atoms with Crippen LogP contribution in [-0.2, 0) is 11.3 Å². The Hall–Kier alpha value is -4.46. The highest BCUT2D eigenvalue weighted by molar-refractivity contribution is 5.83. The highest BCUT2D eigenvalue weighted by Crippen LogP contribution is 2.24. The molecule has 190 valence electrons. The van der Waals surface area contributed by atoms with Crippen molar-refractivity contribution in [2.24, 2.45) is 0 Å². The molecule has 0 aliphatic carbocycles. The van der Waals surface area contributed by atoms with Crippen molar-refractivity contribution in [1.29, 1.82) is 0 Å². The Bertz CT molecular complexity index is 1320. The number of nitrogens with zero attached hydrogens (tertiary/aromatic N) is 3. The molecule has 0 spiro atoms. The molecule has 0 aliphatic heterocycles. The van der Waals surface area contributed by atoms with Crippen LogP contribution in [0.2, 0.25) is 0 Å². The van der Waals surface area contributed by atoms with E-state index in [-0.39, 0.29) is 11.9 Å². The number of amides is 1. The SMILES string of the molecule is Cc1ccc(Nc2nc(Nc3ccc(C)cc3C)nc(NC(C)C(=O)NCc3ccccc3)n2)c(C)c1. The molecule has 8 nitrogen and oxygen atoms in total. The fourth-order valence-corrected chi connectivity index (χ4v) is 3.90. The van der Waals surface area contributed by atoms with E-state index < -0.39 is 6.04 Å². The van der Waals surface area contributed by atoms with Gasteiger partial charge in [-0.3, -0.25) is 4.79 Å². The van der Waals surface area contributed by atoms with E-state index in [4.69, 9.17) is 0 Å². The van der Waals surface area contributed by atoms with Gasteiger partial charge in [0.25, 0.3) is 0 Å². The molecule has 0 fully saturated rings. The number of aromatic nitrogens is 3. The number of rotatable bonds is 9. The minimum Gasteiger partial charge on any atom is -0.350 e. The summed E-state index contributed by atoms with van der Waals surface area (Å²) in [7, 11) is 0. The van der Waals surface area contributed by atoms with Crippen LogP contribution in [0.5, 0.6) is 0 Å². The van der Waals surface area contributed by atoms with E-state index in [2.05, 4.69) is 62.2 Å². The molecule has 0 aliphatic rings. The van der Waals surface area contributed by atoms with E-state index in [1.165, 1.54) is 11.1 Å². The summed E-state index contributed by atoms with van der Waals surface area (Å²) in [5.41, 5.74) is 7.33. The van der Waals surface area contributed by atoms with Crippen molar-refractivity contribution in [2.45, 2.75) is 47.2 Å². The molecular weight excluding hydrogens is 462 g/mol. The fraction of sp³-hybridized carbons (Fsp3) is 0.241. The summed E-state index contributed by atoms with van der Waals surface area (Å²) in [4.78, 5) is 26.4. The Morgan fingerprint density at radius 2 is 1.24 bits per heavy atom. The minimum atomic E-state index is -0.561. The minimum absolute atomic E-state index is 0.156. The summed E-state index contributed by atoms with van der Waals surface area (Å²) in [5, 5.41) is 12.7. The monoisotopic (exact) mass is 495 g/mol. The van der Waals surface area contributed by atoms with Gasteiger partial charge >= 0.3 is 0 Å². The van der Waals surface area contributed by atoms with Gasteiger partial charge in [-0.05, 0) is 63.4 Å². The van der Waals surface area contributed by atoms with E-state index >= 15 is 0 Å². The summed E-state index contributed by atoms with van der Waals surface area (Å²) in [6.07, 6.45) is 0. The maximum absolute atomic E-state index is 12.7. The molecule has 37 heavy (non-hydrogen) atoms. The van der Waals surface area contributed by atoms with Gasteiger partial charge in [-0.2, -0.15) is 15.0 Å². The highest BCUT2D eigenvalue weighted by atomic mass is 16.2. The number of benzene rings is 3. The molecule has 1 aromatic heterocycles. The third kappa shape index (κ3) is 7.04. The number of hydrogen-bond donors (Lipinski definition) is 4. The third-order valence-electron chi connectivity index (χ3n) is 5.94. The van der Waals surface area contributed by atoms with Gasteiger partial charge < -0.3 is 21.3 Å². The summed E-state index contributed by atoms with van der Waals surface area (Å²) in [6, 6.07) is 21.5. The Morgan fingerprint density at radius 3 is 1.76 bits per heavy atom. The van der Waals surface area contributed by atoms with Crippen molar-refractivity contribution in [2.75, 3.05) is 16.0 Å². The molecule has 1 atom stereocenters. The van der Waals surface area contributed by atoms with Crippen LogP contribution in [0.3, 0.4) is 0 Å². The van der Waals surface area contributed by atoms with E-state index in [0.717, 1.165) is 28.1 Å². The highest BCUT2D eigenvalue weighted by Gasteiger charge is 2.16. The Labute approximate surface area is 218 Å². The van der Waals surface area contributed by atoms with Gasteiger partial charge in [-0.15, -0.1) is 0 Å². The standard InChI is InChI=1S/C29H33N7O/c1-18-11-13-24(20(3)15-18)32-28-34-27(31-22(5)26(37)30-17-23-9-7-6-8-10-23)35-29(36-28)33-25-14-12-19(2)16-21(25)4/h6-16,22H,17H2,1-5H3,(H,30,37)(H3,31,32,33,34,35,36). The number of anilines is 5. The zero-order valence-electron chi connectivity index (χ0n) is 21.9. The number of aryl methyl sites for hydroxylation is 4. The maximum atomic E-state index is 12.7. The number of carbonyl (C=O) groups is 1. The molecule has 1 unspecified atom stereocenters. The van der Waals surface area contributed by atoms with Crippen LogP contribution < -0.4 is 21.3 Å². The van der Waals surface area contributed by atoms with Crippen LogP contribution in [0.4, 0.5) is 29.2 Å². The van der Waals surface area contributed by atoms with Gasteiger partial charge in [0.2, 0.25) is 23.8 Å². The lowest BCUT2D eigenvalue weighted by atomic mass is 10.1. The molecule has 4 aromatic rings. The first-order chi connectivity index (χ1) is 17.8. The third-order valence-corrected chi connectivity index (χ3v) is 5.94. The normalized spacial score (nSPS) is 11.5. The zero-order chi connectivity index (χ0) is 26.4. The summed E-state index contributed by atoms with van der Waals surface area (Å²) in [5.74, 6) is 0.871. The summed E-state index contributed by atoms with van der Waals surface area (Å²) >= 11 is 0. The van der Waals surface area contributed by atoms with Crippen molar-refractivity contribution in [3.05, 3.63) is 94.5 Å². The van der Waals surface area contributed by atoms with Gasteiger partial charge in [-0.25, -0.2) is 0 Å². The Morgan fingerprint density at radius 1 is 0.730 bits per heavy atom. The lowest BCUT2D eigenvalue weighted by Crippen LogP contribution is -2.37. The van der Waals surface area contributed by atoms with E-state index in [9.17, 15) is 4.79 Å². The van der Waals surface area contributed by atoms with E-state index in [1.807, 2.05) is 68.4 Å². The van der Waals surface area contributed by atoms with Gasteiger partial charge in [0.05, 0.1) is 0 Å². The van der Waals surface area contributed by atoms with Crippen LogP contribution in [0, 0.1) is 27.7 Å². The zero-order valence-corrected chi connectivity index (χ0v) is 21.9. The molecule has 0 saturated carbocycles. The predicted molar refractivity (Wildman–Crippen MR) is 150 cm³/mol. The second-order valence-electron chi connectivity index (χ2n) is 9.26. The second kappa shape index (κ2) is 11.5. The molecule has 0 bridgehead atoms. The van der Waals surface area contributed by atoms with Crippen molar-refractivity contribution in [3.63, 3.8) is 0 Å². The maximum Gasteiger partial charge on any atom is 0.242 e. The number of carbonyl (C=O) groups excluding carboxylic acids is 1. The lowest BCUT2D eigenvalue weighted by molar-refractivity contribution is -0.121. The van der Waals surface area contributed by atoms with Crippen LogP contribution in [0.1, 0.15) is 34.7 Å². The van der Waals surface area contributed by atoms with Gasteiger partial charge in [0, 0.05) is 17.9 Å². The number of hydrogen-bond acceptors (Lipinski definition) is 7.